The molecule has 0 amide bonds. The van der Waals surface area contributed by atoms with Crippen LogP contribution in [-0.4, -0.2) is 20.2 Å². The van der Waals surface area contributed by atoms with Crippen LogP contribution in [0.5, 0.6) is 0 Å². The molecular weight excluding hydrogens is 260 g/mol. The lowest BCUT2D eigenvalue weighted by molar-refractivity contribution is 0.0560. The summed E-state index contributed by atoms with van der Waals surface area (Å²) in [4.78, 5) is 2.16. The van der Waals surface area contributed by atoms with E-state index in [4.69, 9.17) is 10.00 Å². The zero-order chi connectivity index (χ0) is 14.7. The fourth-order valence-corrected chi connectivity index (χ4v) is 2.75. The van der Waals surface area contributed by atoms with Crippen LogP contribution in [-0.2, 0) is 11.2 Å². The second-order valence-corrected chi connectivity index (χ2v) is 5.35. The summed E-state index contributed by atoms with van der Waals surface area (Å²) in [6.45, 7) is 1.51. The minimum absolute atomic E-state index is 0.0755. The molecule has 3 nitrogen and oxygen atoms in total. The molecule has 106 valence electrons. The zero-order valence-electron chi connectivity index (χ0n) is 12.1. The molecule has 3 heteroatoms. The van der Waals surface area contributed by atoms with Gasteiger partial charge in [-0.3, -0.25) is 0 Å². The minimum Gasteiger partial charge on any atom is -0.372 e. The smallest absolute Gasteiger partial charge is 0.0992 e. The van der Waals surface area contributed by atoms with E-state index in [2.05, 4.69) is 29.2 Å². The average Bonchev–Trinajstić information content (AvgIpc) is 2.53. The summed E-state index contributed by atoms with van der Waals surface area (Å²) in [6.07, 6.45) is 0.904. The van der Waals surface area contributed by atoms with Gasteiger partial charge in [-0.1, -0.05) is 36.4 Å². The van der Waals surface area contributed by atoms with E-state index < -0.39 is 0 Å². The topological polar surface area (TPSA) is 36.3 Å². The standard InChI is InChI=1S/C18H18N2O/c1-20-9-10-21-18(15-5-3-2-4-6-15)12-16-8-7-14(13-19)11-17(16)20/h2-8,11,18H,9-10,12H2,1H3. The van der Waals surface area contributed by atoms with Crippen molar-refractivity contribution in [3.8, 4) is 6.07 Å². The summed E-state index contributed by atoms with van der Waals surface area (Å²) < 4.78 is 6.05. The van der Waals surface area contributed by atoms with E-state index in [0.717, 1.165) is 18.7 Å². The van der Waals surface area contributed by atoms with Crippen LogP contribution < -0.4 is 4.90 Å². The van der Waals surface area contributed by atoms with Crippen LogP contribution in [0.1, 0.15) is 22.8 Å². The van der Waals surface area contributed by atoms with Gasteiger partial charge in [0.15, 0.2) is 0 Å². The van der Waals surface area contributed by atoms with Crippen molar-refractivity contribution in [2.24, 2.45) is 0 Å². The molecule has 1 aliphatic rings. The second kappa shape index (κ2) is 5.99. The molecule has 0 radical (unpaired) electrons. The molecule has 0 saturated carbocycles. The molecule has 1 aliphatic heterocycles. The zero-order valence-corrected chi connectivity index (χ0v) is 12.1. The Morgan fingerprint density at radius 1 is 1.19 bits per heavy atom. The number of likely N-dealkylation sites (N-methyl/N-ethyl adjacent to an activating group) is 1. The quantitative estimate of drug-likeness (QED) is 0.803. The molecule has 1 unspecified atom stereocenters. The normalized spacial score (nSPS) is 18.3. The maximum Gasteiger partial charge on any atom is 0.0992 e. The first kappa shape index (κ1) is 13.7. The number of nitriles is 1. The van der Waals surface area contributed by atoms with Crippen molar-refractivity contribution in [1.29, 1.82) is 5.26 Å². The second-order valence-electron chi connectivity index (χ2n) is 5.35. The number of ether oxygens (including phenoxy) is 1. The van der Waals surface area contributed by atoms with E-state index in [9.17, 15) is 0 Å². The molecule has 0 bridgehead atoms. The third kappa shape index (κ3) is 2.91. The van der Waals surface area contributed by atoms with Crippen molar-refractivity contribution in [3.63, 3.8) is 0 Å². The summed E-state index contributed by atoms with van der Waals surface area (Å²) in [6, 6.07) is 18.5. The van der Waals surface area contributed by atoms with Crippen molar-refractivity contribution in [2.45, 2.75) is 12.5 Å². The molecule has 0 saturated heterocycles. The van der Waals surface area contributed by atoms with Gasteiger partial charge < -0.3 is 9.64 Å². The van der Waals surface area contributed by atoms with Crippen LogP contribution in [0.4, 0.5) is 5.69 Å². The molecule has 3 rings (SSSR count). The Kier molecular flexibility index (Phi) is 3.89. The first-order chi connectivity index (χ1) is 10.3. The Morgan fingerprint density at radius 2 is 2.00 bits per heavy atom. The summed E-state index contributed by atoms with van der Waals surface area (Å²) in [7, 11) is 2.05. The number of rotatable bonds is 1. The van der Waals surface area contributed by atoms with Crippen molar-refractivity contribution in [1.82, 2.24) is 0 Å². The number of hydrogen-bond donors (Lipinski definition) is 0. The Morgan fingerprint density at radius 3 is 2.76 bits per heavy atom. The van der Waals surface area contributed by atoms with Gasteiger partial charge in [0, 0.05) is 25.7 Å². The van der Waals surface area contributed by atoms with Gasteiger partial charge in [0.05, 0.1) is 24.3 Å². The fourth-order valence-electron chi connectivity index (χ4n) is 2.75. The van der Waals surface area contributed by atoms with Crippen molar-refractivity contribution in [2.75, 3.05) is 25.1 Å². The molecule has 21 heavy (non-hydrogen) atoms. The molecule has 0 N–H and O–H groups in total. The lowest BCUT2D eigenvalue weighted by Crippen LogP contribution is -2.28. The average molecular weight is 278 g/mol. The number of benzene rings is 2. The minimum atomic E-state index is 0.0755. The van der Waals surface area contributed by atoms with Crippen molar-refractivity contribution < 1.29 is 4.74 Å². The van der Waals surface area contributed by atoms with Gasteiger partial charge >= 0.3 is 0 Å². The first-order valence-corrected chi connectivity index (χ1v) is 7.18. The third-order valence-electron chi connectivity index (χ3n) is 3.95. The van der Waals surface area contributed by atoms with Gasteiger partial charge in [-0.25, -0.2) is 0 Å². The molecule has 0 fully saturated rings. The molecule has 1 heterocycles. The molecule has 2 aromatic rings. The van der Waals surface area contributed by atoms with Crippen LogP contribution in [0.3, 0.4) is 0 Å². The van der Waals surface area contributed by atoms with E-state index in [1.807, 2.05) is 37.4 Å². The maximum atomic E-state index is 9.09. The molecule has 0 aromatic heterocycles. The highest BCUT2D eigenvalue weighted by molar-refractivity contribution is 5.58. The van der Waals surface area contributed by atoms with Crippen LogP contribution in [0.15, 0.2) is 48.5 Å². The van der Waals surface area contributed by atoms with E-state index in [1.54, 1.807) is 0 Å². The predicted molar refractivity (Wildman–Crippen MR) is 83.3 cm³/mol. The van der Waals surface area contributed by atoms with E-state index in [0.29, 0.717) is 12.2 Å². The van der Waals surface area contributed by atoms with Crippen LogP contribution >= 0.6 is 0 Å². The van der Waals surface area contributed by atoms with Gasteiger partial charge in [0.25, 0.3) is 0 Å². The molecule has 2 aromatic carbocycles. The first-order valence-electron chi connectivity index (χ1n) is 7.18. The Labute approximate surface area is 125 Å². The molecular formula is C18H18N2O. The van der Waals surface area contributed by atoms with Crippen molar-refractivity contribution in [3.05, 3.63) is 65.2 Å². The lowest BCUT2D eigenvalue weighted by atomic mass is 9.97. The molecule has 0 aliphatic carbocycles. The lowest BCUT2D eigenvalue weighted by Gasteiger charge is -2.29. The number of hydrogen-bond acceptors (Lipinski definition) is 3. The van der Waals surface area contributed by atoms with E-state index >= 15 is 0 Å². The Hall–Kier alpha value is -2.31. The van der Waals surface area contributed by atoms with E-state index in [1.165, 1.54) is 11.1 Å². The highest BCUT2D eigenvalue weighted by Gasteiger charge is 2.19. The van der Waals surface area contributed by atoms with Gasteiger partial charge in [-0.15, -0.1) is 0 Å². The summed E-state index contributed by atoms with van der Waals surface area (Å²) in [5.41, 5.74) is 4.28. The monoisotopic (exact) mass is 278 g/mol. The number of fused-ring (bicyclic) bond motifs is 1. The van der Waals surface area contributed by atoms with Crippen molar-refractivity contribution >= 4 is 5.69 Å². The summed E-state index contributed by atoms with van der Waals surface area (Å²) in [5.74, 6) is 0. The van der Waals surface area contributed by atoms with Gasteiger partial charge in [0.2, 0.25) is 0 Å². The third-order valence-corrected chi connectivity index (χ3v) is 3.95. The molecule has 0 spiro atoms. The SMILES string of the molecule is CN1CCOC(c2ccccc2)Cc2ccc(C#N)cc21. The highest BCUT2D eigenvalue weighted by Crippen LogP contribution is 2.30. The Bertz CT molecular complexity index is 661. The van der Waals surface area contributed by atoms with E-state index in [-0.39, 0.29) is 6.10 Å². The maximum absolute atomic E-state index is 9.09. The predicted octanol–water partition coefficient (Wildman–Crippen LogP) is 3.31. The van der Waals surface area contributed by atoms with Gasteiger partial charge in [0.1, 0.15) is 0 Å². The van der Waals surface area contributed by atoms with Crippen LogP contribution in [0, 0.1) is 11.3 Å². The Balaban J connectivity index is 1.97. The molecule has 1 atom stereocenters. The van der Waals surface area contributed by atoms with Crippen LogP contribution in [0.2, 0.25) is 0 Å². The summed E-state index contributed by atoms with van der Waals surface area (Å²) >= 11 is 0. The van der Waals surface area contributed by atoms with Gasteiger partial charge in [-0.05, 0) is 23.3 Å². The van der Waals surface area contributed by atoms with Gasteiger partial charge in [-0.2, -0.15) is 5.26 Å². The summed E-state index contributed by atoms with van der Waals surface area (Å²) in [5, 5.41) is 9.09. The fraction of sp³-hybridized carbons (Fsp3) is 0.278. The largest absolute Gasteiger partial charge is 0.372 e. The number of anilines is 1. The van der Waals surface area contributed by atoms with Crippen LogP contribution in [0.25, 0.3) is 0 Å². The highest BCUT2D eigenvalue weighted by atomic mass is 16.5. The number of nitrogens with zero attached hydrogens (tertiary/aromatic N) is 2.